The quantitative estimate of drug-likeness (QED) is 0.797. The maximum absolute atomic E-state index is 8.64. The number of nitrogen functional groups attached to an aromatic ring is 1. The number of ether oxygens (including phenoxy) is 1. The first-order valence-electron chi connectivity index (χ1n) is 5.09. The molecule has 4 heteroatoms. The molecule has 2 N–H and O–H groups in total. The van der Waals surface area contributed by atoms with Crippen LogP contribution in [0.4, 0.5) is 5.69 Å². The second-order valence-electron chi connectivity index (χ2n) is 3.62. The lowest BCUT2D eigenvalue weighted by molar-refractivity contribution is 0.462. The third-order valence-corrected chi connectivity index (χ3v) is 2.33. The van der Waals surface area contributed by atoms with Crippen molar-refractivity contribution in [3.8, 4) is 17.7 Å². The number of pyridine rings is 1. The topological polar surface area (TPSA) is 71.9 Å². The summed E-state index contributed by atoms with van der Waals surface area (Å²) >= 11 is 0. The highest BCUT2D eigenvalue weighted by molar-refractivity contribution is 5.50. The summed E-state index contributed by atoms with van der Waals surface area (Å²) in [4.78, 5) is 4.02. The number of hydrogen-bond acceptors (Lipinski definition) is 4. The van der Waals surface area contributed by atoms with Gasteiger partial charge < -0.3 is 10.5 Å². The van der Waals surface area contributed by atoms with Gasteiger partial charge in [-0.05, 0) is 36.8 Å². The van der Waals surface area contributed by atoms with Crippen LogP contribution < -0.4 is 10.5 Å². The minimum atomic E-state index is 0.452. The molecule has 0 atom stereocenters. The molecule has 1 aromatic heterocycles. The van der Waals surface area contributed by atoms with E-state index in [1.165, 1.54) is 6.20 Å². The summed E-state index contributed by atoms with van der Waals surface area (Å²) in [5.74, 6) is 1.13. The lowest BCUT2D eigenvalue weighted by atomic mass is 10.2. The van der Waals surface area contributed by atoms with Crippen molar-refractivity contribution >= 4 is 5.69 Å². The van der Waals surface area contributed by atoms with E-state index in [2.05, 4.69) is 4.98 Å². The number of nitrogens with zero attached hydrogens (tertiary/aromatic N) is 2. The normalized spacial score (nSPS) is 9.65. The molecule has 0 aliphatic rings. The zero-order valence-corrected chi connectivity index (χ0v) is 9.34. The summed E-state index contributed by atoms with van der Waals surface area (Å²) < 4.78 is 5.54. The molecule has 0 radical (unpaired) electrons. The van der Waals surface area contributed by atoms with Crippen LogP contribution in [-0.2, 0) is 0 Å². The minimum Gasteiger partial charge on any atom is -0.439 e. The lowest BCUT2D eigenvalue weighted by Crippen LogP contribution is -1.92. The van der Waals surface area contributed by atoms with Crippen molar-refractivity contribution in [3.05, 3.63) is 47.7 Å². The van der Waals surface area contributed by atoms with Crippen molar-refractivity contribution in [2.75, 3.05) is 5.73 Å². The first-order chi connectivity index (χ1) is 8.19. The second-order valence-corrected chi connectivity index (χ2v) is 3.62. The largest absolute Gasteiger partial charge is 0.439 e. The van der Waals surface area contributed by atoms with Crippen LogP contribution in [0.1, 0.15) is 11.1 Å². The molecule has 2 rings (SSSR count). The van der Waals surface area contributed by atoms with Gasteiger partial charge in [0.15, 0.2) is 0 Å². The van der Waals surface area contributed by atoms with Crippen molar-refractivity contribution in [2.45, 2.75) is 6.92 Å². The average Bonchev–Trinajstić information content (AvgIpc) is 2.35. The fraction of sp³-hybridized carbons (Fsp3) is 0.0769. The molecule has 17 heavy (non-hydrogen) atoms. The molecule has 0 amide bonds. The molecule has 4 nitrogen and oxygen atoms in total. The maximum Gasteiger partial charge on any atom is 0.219 e. The van der Waals surface area contributed by atoms with Crippen LogP contribution >= 0.6 is 0 Å². The van der Waals surface area contributed by atoms with E-state index in [4.69, 9.17) is 15.7 Å². The average molecular weight is 225 g/mol. The predicted octanol–water partition coefficient (Wildman–Crippen LogP) is 2.64. The highest BCUT2D eigenvalue weighted by atomic mass is 16.5. The Bertz CT molecular complexity index is 570. The fourth-order valence-electron chi connectivity index (χ4n) is 1.34. The molecule has 0 saturated carbocycles. The summed E-state index contributed by atoms with van der Waals surface area (Å²) in [7, 11) is 0. The molecule has 0 fully saturated rings. The zero-order chi connectivity index (χ0) is 12.3. The summed E-state index contributed by atoms with van der Waals surface area (Å²) in [6.07, 6.45) is 1.47. The number of rotatable bonds is 2. The van der Waals surface area contributed by atoms with Gasteiger partial charge in [0.1, 0.15) is 11.8 Å². The number of aromatic nitrogens is 1. The van der Waals surface area contributed by atoms with Crippen molar-refractivity contribution in [1.29, 1.82) is 5.26 Å². The molecule has 0 aliphatic heterocycles. The van der Waals surface area contributed by atoms with Crippen molar-refractivity contribution in [3.63, 3.8) is 0 Å². The maximum atomic E-state index is 8.64. The summed E-state index contributed by atoms with van der Waals surface area (Å²) in [6, 6.07) is 10.7. The van der Waals surface area contributed by atoms with Gasteiger partial charge in [0, 0.05) is 18.0 Å². The molecule has 2 aromatic rings. The number of anilines is 1. The van der Waals surface area contributed by atoms with Crippen molar-refractivity contribution in [2.24, 2.45) is 0 Å². The number of benzene rings is 1. The van der Waals surface area contributed by atoms with E-state index in [1.54, 1.807) is 24.3 Å². The van der Waals surface area contributed by atoms with Gasteiger partial charge in [0.05, 0.1) is 5.56 Å². The van der Waals surface area contributed by atoms with E-state index >= 15 is 0 Å². The van der Waals surface area contributed by atoms with Crippen molar-refractivity contribution < 1.29 is 4.74 Å². The van der Waals surface area contributed by atoms with E-state index < -0.39 is 0 Å². The molecule has 0 saturated heterocycles. The predicted molar refractivity (Wildman–Crippen MR) is 64.6 cm³/mol. The number of hydrogen-bond donors (Lipinski definition) is 1. The molecule has 0 aliphatic carbocycles. The van der Waals surface area contributed by atoms with Crippen molar-refractivity contribution in [1.82, 2.24) is 4.98 Å². The first-order valence-corrected chi connectivity index (χ1v) is 5.09. The molecule has 1 aromatic carbocycles. The Morgan fingerprint density at radius 3 is 2.71 bits per heavy atom. The van der Waals surface area contributed by atoms with Crippen LogP contribution in [0.5, 0.6) is 11.6 Å². The van der Waals surface area contributed by atoms with Gasteiger partial charge in [0.25, 0.3) is 0 Å². The van der Waals surface area contributed by atoms with E-state index in [1.807, 2.05) is 19.1 Å². The van der Waals surface area contributed by atoms with Crippen LogP contribution in [0.15, 0.2) is 36.5 Å². The van der Waals surface area contributed by atoms with Gasteiger partial charge in [-0.1, -0.05) is 0 Å². The SMILES string of the molecule is Cc1cc(Oc2ccc(C#N)cn2)ccc1N. The fourth-order valence-corrected chi connectivity index (χ4v) is 1.34. The van der Waals surface area contributed by atoms with Gasteiger partial charge in [-0.15, -0.1) is 0 Å². The Morgan fingerprint density at radius 1 is 1.29 bits per heavy atom. The molecule has 0 spiro atoms. The monoisotopic (exact) mass is 225 g/mol. The van der Waals surface area contributed by atoms with Gasteiger partial charge >= 0.3 is 0 Å². The van der Waals surface area contributed by atoms with Crippen LogP contribution in [-0.4, -0.2) is 4.98 Å². The van der Waals surface area contributed by atoms with E-state index in [0.717, 1.165) is 11.3 Å². The highest BCUT2D eigenvalue weighted by Crippen LogP contribution is 2.23. The first kappa shape index (κ1) is 11.0. The Kier molecular flexibility index (Phi) is 2.93. The third-order valence-electron chi connectivity index (χ3n) is 2.33. The molecule has 0 unspecified atom stereocenters. The van der Waals surface area contributed by atoms with E-state index in [-0.39, 0.29) is 0 Å². The Hall–Kier alpha value is -2.54. The molecule has 0 bridgehead atoms. The number of aryl methyl sites for hydroxylation is 1. The number of nitriles is 1. The molecular formula is C13H11N3O. The van der Waals surface area contributed by atoms with Gasteiger partial charge in [-0.25, -0.2) is 4.98 Å². The summed E-state index contributed by atoms with van der Waals surface area (Å²) in [5.41, 5.74) is 7.90. The number of nitrogens with two attached hydrogens (primary N) is 1. The highest BCUT2D eigenvalue weighted by Gasteiger charge is 2.01. The van der Waals surface area contributed by atoms with E-state index in [0.29, 0.717) is 17.2 Å². The smallest absolute Gasteiger partial charge is 0.219 e. The minimum absolute atomic E-state index is 0.452. The Balaban J connectivity index is 2.20. The van der Waals surface area contributed by atoms with Crippen LogP contribution in [0.3, 0.4) is 0 Å². The standard InChI is InChI=1S/C13H11N3O/c1-9-6-11(3-4-12(9)15)17-13-5-2-10(7-14)8-16-13/h2-6,8H,15H2,1H3. The molecular weight excluding hydrogens is 214 g/mol. The molecule has 84 valence electrons. The Labute approximate surface area is 99.3 Å². The zero-order valence-electron chi connectivity index (χ0n) is 9.34. The van der Waals surface area contributed by atoms with Crippen LogP contribution in [0, 0.1) is 18.3 Å². The summed E-state index contributed by atoms with van der Waals surface area (Å²) in [6.45, 7) is 1.91. The van der Waals surface area contributed by atoms with Gasteiger partial charge in [0.2, 0.25) is 5.88 Å². The van der Waals surface area contributed by atoms with Crippen LogP contribution in [0.2, 0.25) is 0 Å². The third kappa shape index (κ3) is 2.52. The summed E-state index contributed by atoms with van der Waals surface area (Å²) in [5, 5.41) is 8.64. The Morgan fingerprint density at radius 2 is 2.12 bits per heavy atom. The van der Waals surface area contributed by atoms with E-state index in [9.17, 15) is 0 Å². The van der Waals surface area contributed by atoms with Crippen LogP contribution in [0.25, 0.3) is 0 Å². The van der Waals surface area contributed by atoms with Gasteiger partial charge in [-0.2, -0.15) is 5.26 Å². The lowest BCUT2D eigenvalue weighted by Gasteiger charge is -2.06. The van der Waals surface area contributed by atoms with Gasteiger partial charge in [-0.3, -0.25) is 0 Å². The second kappa shape index (κ2) is 4.54. The molecule has 1 heterocycles.